The highest BCUT2D eigenvalue weighted by Gasteiger charge is 2.17. The molecule has 0 spiro atoms. The summed E-state index contributed by atoms with van der Waals surface area (Å²) < 4.78 is 18.9. The third kappa shape index (κ3) is 4.36. The van der Waals surface area contributed by atoms with Crippen LogP contribution in [0.1, 0.15) is 41.7 Å². The Balaban J connectivity index is 1.32. The van der Waals surface area contributed by atoms with Crippen molar-refractivity contribution in [1.29, 1.82) is 0 Å². The Morgan fingerprint density at radius 1 is 1.18 bits per heavy atom. The molecule has 28 heavy (non-hydrogen) atoms. The highest BCUT2D eigenvalue weighted by atomic mass is 19.1. The van der Waals surface area contributed by atoms with Crippen LogP contribution in [0.2, 0.25) is 0 Å². The fraction of sp³-hybridized carbons (Fsp3) is 0.286. The Labute approximate surface area is 162 Å². The first-order valence-corrected chi connectivity index (χ1v) is 9.38. The molecular formula is C21H21FN4O2. The first-order chi connectivity index (χ1) is 13.7. The minimum atomic E-state index is -0.314. The third-order valence-electron chi connectivity index (χ3n) is 4.80. The van der Waals surface area contributed by atoms with Crippen molar-refractivity contribution in [1.82, 2.24) is 20.5 Å². The fourth-order valence-corrected chi connectivity index (χ4v) is 3.25. The molecule has 0 radical (unpaired) electrons. The van der Waals surface area contributed by atoms with E-state index >= 15 is 0 Å². The van der Waals surface area contributed by atoms with Gasteiger partial charge in [0.25, 0.3) is 5.91 Å². The van der Waals surface area contributed by atoms with Crippen molar-refractivity contribution in [3.05, 3.63) is 65.7 Å². The molecular weight excluding hydrogens is 359 g/mol. The molecule has 0 atom stereocenters. The Hall–Kier alpha value is -3.22. The number of nitrogens with one attached hydrogen (secondary N) is 2. The number of aromatic nitrogens is 3. The third-order valence-corrected chi connectivity index (χ3v) is 4.80. The van der Waals surface area contributed by atoms with Gasteiger partial charge in [0.1, 0.15) is 17.6 Å². The predicted molar refractivity (Wildman–Crippen MR) is 102 cm³/mol. The molecule has 2 aromatic heterocycles. The number of amides is 1. The smallest absolute Gasteiger partial charge is 0.269 e. The van der Waals surface area contributed by atoms with E-state index in [2.05, 4.69) is 20.5 Å². The molecule has 7 heteroatoms. The molecule has 1 aliphatic rings. The number of carbonyl (C=O) groups is 1. The number of benzene rings is 1. The highest BCUT2D eigenvalue weighted by Crippen LogP contribution is 2.23. The van der Waals surface area contributed by atoms with E-state index in [-0.39, 0.29) is 17.8 Å². The van der Waals surface area contributed by atoms with Crippen LogP contribution in [0.25, 0.3) is 11.3 Å². The van der Waals surface area contributed by atoms with E-state index in [1.807, 2.05) is 12.1 Å². The van der Waals surface area contributed by atoms with Crippen LogP contribution < -0.4 is 10.1 Å². The predicted octanol–water partition coefficient (Wildman–Crippen LogP) is 3.86. The lowest BCUT2D eigenvalue weighted by atomic mass is 10.1. The second-order valence-corrected chi connectivity index (χ2v) is 6.89. The SMILES string of the molecule is O=C(NCc1ccc(OC2CCCC2)nc1)c1cc(-c2ccc(F)cc2)n[nH]1. The minimum Gasteiger partial charge on any atom is -0.474 e. The molecule has 0 aliphatic heterocycles. The lowest BCUT2D eigenvalue weighted by molar-refractivity contribution is 0.0946. The van der Waals surface area contributed by atoms with Crippen LogP contribution in [-0.2, 0) is 6.54 Å². The van der Waals surface area contributed by atoms with Crippen LogP contribution >= 0.6 is 0 Å². The summed E-state index contributed by atoms with van der Waals surface area (Å²) in [5.74, 6) is 0.0390. The number of carbonyl (C=O) groups excluding carboxylic acids is 1. The summed E-state index contributed by atoms with van der Waals surface area (Å²) in [4.78, 5) is 16.6. The van der Waals surface area contributed by atoms with Crippen molar-refractivity contribution < 1.29 is 13.9 Å². The first kappa shape index (κ1) is 18.2. The molecule has 2 N–H and O–H groups in total. The maximum Gasteiger partial charge on any atom is 0.269 e. The summed E-state index contributed by atoms with van der Waals surface area (Å²) in [6.45, 7) is 0.348. The van der Waals surface area contributed by atoms with Gasteiger partial charge in [0, 0.05) is 24.4 Å². The summed E-state index contributed by atoms with van der Waals surface area (Å²) in [5.41, 5.74) is 2.54. The van der Waals surface area contributed by atoms with Crippen molar-refractivity contribution in [3.8, 4) is 17.1 Å². The molecule has 1 fully saturated rings. The van der Waals surface area contributed by atoms with Gasteiger partial charge in [-0.05, 0) is 61.6 Å². The van der Waals surface area contributed by atoms with Crippen molar-refractivity contribution in [2.24, 2.45) is 0 Å². The van der Waals surface area contributed by atoms with Gasteiger partial charge < -0.3 is 10.1 Å². The Morgan fingerprint density at radius 2 is 1.96 bits per heavy atom. The average Bonchev–Trinajstić information content (AvgIpc) is 3.40. The number of H-pyrrole nitrogens is 1. The summed E-state index contributed by atoms with van der Waals surface area (Å²) >= 11 is 0. The van der Waals surface area contributed by atoms with Gasteiger partial charge in [-0.1, -0.05) is 6.07 Å². The Bertz CT molecular complexity index is 932. The minimum absolute atomic E-state index is 0.271. The van der Waals surface area contributed by atoms with Crippen LogP contribution in [0.15, 0.2) is 48.7 Å². The van der Waals surface area contributed by atoms with Gasteiger partial charge in [0.15, 0.2) is 0 Å². The number of nitrogens with zero attached hydrogens (tertiary/aromatic N) is 2. The number of aromatic amines is 1. The van der Waals surface area contributed by atoms with Gasteiger partial charge in [-0.25, -0.2) is 9.37 Å². The largest absolute Gasteiger partial charge is 0.474 e. The molecule has 0 saturated heterocycles. The summed E-state index contributed by atoms with van der Waals surface area (Å²) in [6.07, 6.45) is 6.58. The molecule has 1 aromatic carbocycles. The van der Waals surface area contributed by atoms with Crippen molar-refractivity contribution >= 4 is 5.91 Å². The fourth-order valence-electron chi connectivity index (χ4n) is 3.25. The van der Waals surface area contributed by atoms with E-state index in [4.69, 9.17) is 4.74 Å². The standard InChI is InChI=1S/C21H21FN4O2/c22-16-8-6-15(7-9-16)18-11-19(26-25-18)21(27)24-13-14-5-10-20(23-12-14)28-17-3-1-2-4-17/h5-12,17H,1-4,13H2,(H,24,27)(H,25,26). The van der Waals surface area contributed by atoms with E-state index in [9.17, 15) is 9.18 Å². The number of halogens is 1. The zero-order valence-corrected chi connectivity index (χ0v) is 15.3. The van der Waals surface area contributed by atoms with Crippen LogP contribution in [0.3, 0.4) is 0 Å². The topological polar surface area (TPSA) is 79.9 Å². The van der Waals surface area contributed by atoms with Gasteiger partial charge in [-0.2, -0.15) is 5.10 Å². The van der Waals surface area contributed by atoms with Crippen molar-refractivity contribution in [2.75, 3.05) is 0 Å². The number of hydrogen-bond acceptors (Lipinski definition) is 4. The van der Waals surface area contributed by atoms with Crippen LogP contribution in [-0.4, -0.2) is 27.2 Å². The zero-order chi connectivity index (χ0) is 19.3. The van der Waals surface area contributed by atoms with E-state index in [0.717, 1.165) is 24.0 Å². The summed E-state index contributed by atoms with van der Waals surface area (Å²) in [5, 5.41) is 9.66. The van der Waals surface area contributed by atoms with E-state index in [1.54, 1.807) is 24.4 Å². The highest BCUT2D eigenvalue weighted by molar-refractivity contribution is 5.93. The second-order valence-electron chi connectivity index (χ2n) is 6.89. The lowest BCUT2D eigenvalue weighted by Gasteiger charge is -2.12. The van der Waals surface area contributed by atoms with Gasteiger partial charge in [0.05, 0.1) is 5.69 Å². The number of rotatable bonds is 6. The first-order valence-electron chi connectivity index (χ1n) is 9.38. The number of pyridine rings is 1. The maximum atomic E-state index is 13.0. The van der Waals surface area contributed by atoms with Gasteiger partial charge in [0.2, 0.25) is 5.88 Å². The molecule has 4 rings (SSSR count). The van der Waals surface area contributed by atoms with Gasteiger partial charge in [-0.15, -0.1) is 0 Å². The molecule has 1 amide bonds. The van der Waals surface area contributed by atoms with Crippen molar-refractivity contribution in [3.63, 3.8) is 0 Å². The lowest BCUT2D eigenvalue weighted by Crippen LogP contribution is -2.23. The monoisotopic (exact) mass is 380 g/mol. The maximum absolute atomic E-state index is 13.0. The molecule has 6 nitrogen and oxygen atoms in total. The quantitative estimate of drug-likeness (QED) is 0.680. The summed E-state index contributed by atoms with van der Waals surface area (Å²) in [7, 11) is 0. The normalized spacial score (nSPS) is 14.2. The van der Waals surface area contributed by atoms with E-state index in [0.29, 0.717) is 23.8 Å². The van der Waals surface area contributed by atoms with Crippen molar-refractivity contribution in [2.45, 2.75) is 38.3 Å². The van der Waals surface area contributed by atoms with Crippen LogP contribution in [0.4, 0.5) is 4.39 Å². The van der Waals surface area contributed by atoms with E-state index in [1.165, 1.54) is 25.0 Å². The summed E-state index contributed by atoms with van der Waals surface area (Å²) in [6, 6.07) is 11.3. The zero-order valence-electron chi connectivity index (χ0n) is 15.3. The Kier molecular flexibility index (Phi) is 5.32. The molecule has 144 valence electrons. The molecule has 3 aromatic rings. The second kappa shape index (κ2) is 8.21. The molecule has 2 heterocycles. The molecule has 1 aliphatic carbocycles. The van der Waals surface area contributed by atoms with Gasteiger partial charge >= 0.3 is 0 Å². The van der Waals surface area contributed by atoms with Crippen LogP contribution in [0.5, 0.6) is 5.88 Å². The number of hydrogen-bond donors (Lipinski definition) is 2. The van der Waals surface area contributed by atoms with Gasteiger partial charge in [-0.3, -0.25) is 9.89 Å². The van der Waals surface area contributed by atoms with E-state index < -0.39 is 0 Å². The number of ether oxygens (including phenoxy) is 1. The molecule has 1 saturated carbocycles. The molecule has 0 unspecified atom stereocenters. The molecule has 0 bridgehead atoms. The average molecular weight is 380 g/mol. The Morgan fingerprint density at radius 3 is 2.68 bits per heavy atom. The van der Waals surface area contributed by atoms with Crippen LogP contribution in [0, 0.1) is 5.82 Å².